The largest absolute Gasteiger partial charge is 0.378 e. The Labute approximate surface area is 128 Å². The van der Waals surface area contributed by atoms with E-state index in [-0.39, 0.29) is 18.3 Å². The van der Waals surface area contributed by atoms with Crippen LogP contribution in [-0.4, -0.2) is 37.7 Å². The van der Waals surface area contributed by atoms with Crippen molar-refractivity contribution >= 4 is 18.3 Å². The average Bonchev–Trinajstić information content (AvgIpc) is 2.92. The molecule has 0 radical (unpaired) electrons. The minimum Gasteiger partial charge on any atom is -0.378 e. The maximum absolute atomic E-state index is 11.7. The quantitative estimate of drug-likeness (QED) is 0.710. The number of carbonyl (C=O) groups is 1. The van der Waals surface area contributed by atoms with E-state index < -0.39 is 0 Å². The van der Waals surface area contributed by atoms with Crippen molar-refractivity contribution in [2.45, 2.75) is 69.9 Å². The third-order valence-electron chi connectivity index (χ3n) is 4.14. The molecule has 1 aliphatic carbocycles. The smallest absolute Gasteiger partial charge is 0.221 e. The highest BCUT2D eigenvalue weighted by molar-refractivity contribution is 5.85. The summed E-state index contributed by atoms with van der Waals surface area (Å²) in [5.74, 6) is 0.178. The molecule has 4 nitrogen and oxygen atoms in total. The summed E-state index contributed by atoms with van der Waals surface area (Å²) in [5.41, 5.74) is 0. The van der Waals surface area contributed by atoms with E-state index >= 15 is 0 Å². The van der Waals surface area contributed by atoms with Gasteiger partial charge in [0.1, 0.15) is 0 Å². The zero-order chi connectivity index (χ0) is 13.3. The normalized spacial score (nSPS) is 23.3. The summed E-state index contributed by atoms with van der Waals surface area (Å²) >= 11 is 0. The lowest BCUT2D eigenvalue weighted by Gasteiger charge is -2.21. The molecule has 118 valence electrons. The summed E-state index contributed by atoms with van der Waals surface area (Å²) in [6.07, 6.45) is 10.8. The Hall–Kier alpha value is -0.320. The minimum absolute atomic E-state index is 0. The summed E-state index contributed by atoms with van der Waals surface area (Å²) in [6, 6.07) is 0.401. The molecule has 5 heteroatoms. The van der Waals surface area contributed by atoms with Gasteiger partial charge in [-0.3, -0.25) is 4.79 Å². The van der Waals surface area contributed by atoms with Crippen molar-refractivity contribution in [3.05, 3.63) is 0 Å². The fraction of sp³-hybridized carbons (Fsp3) is 0.933. The molecule has 20 heavy (non-hydrogen) atoms. The van der Waals surface area contributed by atoms with E-state index in [1.165, 1.54) is 38.5 Å². The first kappa shape index (κ1) is 17.7. The van der Waals surface area contributed by atoms with Crippen LogP contribution in [0.25, 0.3) is 0 Å². The Morgan fingerprint density at radius 2 is 1.95 bits per heavy atom. The number of amides is 1. The van der Waals surface area contributed by atoms with Crippen LogP contribution in [0.3, 0.4) is 0 Å². The predicted octanol–water partition coefficient (Wildman–Crippen LogP) is 2.41. The molecule has 0 bridgehead atoms. The van der Waals surface area contributed by atoms with Crippen molar-refractivity contribution in [3.63, 3.8) is 0 Å². The second-order valence-corrected chi connectivity index (χ2v) is 5.83. The molecule has 0 aromatic heterocycles. The molecule has 1 heterocycles. The maximum atomic E-state index is 11.7. The lowest BCUT2D eigenvalue weighted by molar-refractivity contribution is -0.121. The van der Waals surface area contributed by atoms with Gasteiger partial charge >= 0.3 is 0 Å². The van der Waals surface area contributed by atoms with Gasteiger partial charge in [-0.1, -0.05) is 19.3 Å². The second kappa shape index (κ2) is 10.4. The van der Waals surface area contributed by atoms with E-state index in [0.29, 0.717) is 18.6 Å². The fourth-order valence-electron chi connectivity index (χ4n) is 3.01. The van der Waals surface area contributed by atoms with E-state index in [0.717, 1.165) is 32.5 Å². The van der Waals surface area contributed by atoms with Gasteiger partial charge in [0.05, 0.1) is 6.10 Å². The van der Waals surface area contributed by atoms with Crippen molar-refractivity contribution in [2.24, 2.45) is 0 Å². The van der Waals surface area contributed by atoms with E-state index in [1.807, 2.05) is 0 Å². The van der Waals surface area contributed by atoms with Crippen molar-refractivity contribution < 1.29 is 9.53 Å². The van der Waals surface area contributed by atoms with Crippen molar-refractivity contribution in [2.75, 3.05) is 19.7 Å². The topological polar surface area (TPSA) is 50.4 Å². The van der Waals surface area contributed by atoms with Crippen LogP contribution in [0.4, 0.5) is 0 Å². The number of nitrogens with one attached hydrogen (secondary N) is 2. The number of hydrogen-bond donors (Lipinski definition) is 2. The maximum Gasteiger partial charge on any atom is 0.221 e. The predicted molar refractivity (Wildman–Crippen MR) is 83.3 cm³/mol. The van der Waals surface area contributed by atoms with Crippen LogP contribution in [0.15, 0.2) is 0 Å². The zero-order valence-corrected chi connectivity index (χ0v) is 13.2. The van der Waals surface area contributed by atoms with Crippen LogP contribution in [0, 0.1) is 0 Å². The number of rotatable bonds is 7. The Morgan fingerprint density at radius 3 is 2.65 bits per heavy atom. The average molecular weight is 305 g/mol. The van der Waals surface area contributed by atoms with Gasteiger partial charge < -0.3 is 15.4 Å². The first-order valence-electron chi connectivity index (χ1n) is 7.96. The van der Waals surface area contributed by atoms with Crippen LogP contribution < -0.4 is 10.6 Å². The molecule has 1 amide bonds. The summed E-state index contributed by atoms with van der Waals surface area (Å²) in [7, 11) is 0. The van der Waals surface area contributed by atoms with Crippen molar-refractivity contribution in [3.8, 4) is 0 Å². The van der Waals surface area contributed by atoms with Crippen LogP contribution in [0.2, 0.25) is 0 Å². The molecular weight excluding hydrogens is 276 g/mol. The van der Waals surface area contributed by atoms with Crippen molar-refractivity contribution in [1.82, 2.24) is 10.6 Å². The molecule has 2 aliphatic rings. The minimum atomic E-state index is 0. The van der Waals surface area contributed by atoms with Crippen molar-refractivity contribution in [1.29, 1.82) is 0 Å². The molecular formula is C15H29ClN2O2. The third kappa shape index (κ3) is 6.91. The summed E-state index contributed by atoms with van der Waals surface area (Å²) in [5, 5.41) is 6.33. The van der Waals surface area contributed by atoms with Gasteiger partial charge in [-0.15, -0.1) is 12.4 Å². The number of hydrogen-bond acceptors (Lipinski definition) is 3. The molecule has 2 fully saturated rings. The van der Waals surface area contributed by atoms with Crippen LogP contribution in [-0.2, 0) is 9.53 Å². The van der Waals surface area contributed by atoms with E-state index in [9.17, 15) is 4.79 Å². The lowest BCUT2D eigenvalue weighted by atomic mass is 9.98. The summed E-state index contributed by atoms with van der Waals surface area (Å²) in [6.45, 7) is 2.60. The molecule has 1 unspecified atom stereocenters. The highest BCUT2D eigenvalue weighted by Crippen LogP contribution is 2.20. The number of carbonyl (C=O) groups excluding carboxylic acids is 1. The van der Waals surface area contributed by atoms with Crippen LogP contribution in [0.5, 0.6) is 0 Å². The highest BCUT2D eigenvalue weighted by Gasteiger charge is 2.17. The van der Waals surface area contributed by atoms with E-state index in [1.54, 1.807) is 0 Å². The van der Waals surface area contributed by atoms with Gasteiger partial charge in [0.25, 0.3) is 0 Å². The number of ether oxygens (including phenoxy) is 1. The first-order valence-corrected chi connectivity index (χ1v) is 7.96. The SMILES string of the molecule is Cl.O=C(CC1CCCN1)NCCCOC1CCCCC1. The molecule has 2 N–H and O–H groups in total. The number of halogens is 1. The third-order valence-corrected chi connectivity index (χ3v) is 4.14. The van der Waals surface area contributed by atoms with Gasteiger partial charge in [-0.05, 0) is 38.6 Å². The molecule has 0 aromatic rings. The molecule has 1 saturated carbocycles. The fourth-order valence-corrected chi connectivity index (χ4v) is 3.01. The second-order valence-electron chi connectivity index (χ2n) is 5.83. The highest BCUT2D eigenvalue weighted by atomic mass is 35.5. The molecule has 1 atom stereocenters. The zero-order valence-electron chi connectivity index (χ0n) is 12.4. The van der Waals surface area contributed by atoms with Gasteiger partial charge in [0, 0.05) is 25.6 Å². The van der Waals surface area contributed by atoms with E-state index in [4.69, 9.17) is 4.74 Å². The summed E-state index contributed by atoms with van der Waals surface area (Å²) < 4.78 is 5.83. The Bertz CT molecular complexity index is 265. The lowest BCUT2D eigenvalue weighted by Crippen LogP contribution is -2.32. The Kier molecular flexibility index (Phi) is 9.23. The molecule has 1 saturated heterocycles. The van der Waals surface area contributed by atoms with Gasteiger partial charge in [-0.2, -0.15) is 0 Å². The molecule has 0 aromatic carbocycles. The Balaban J connectivity index is 0.00000200. The summed E-state index contributed by atoms with van der Waals surface area (Å²) in [4.78, 5) is 11.7. The van der Waals surface area contributed by atoms with Crippen LogP contribution in [0.1, 0.15) is 57.8 Å². The first-order chi connectivity index (χ1) is 9.34. The monoisotopic (exact) mass is 304 g/mol. The van der Waals surface area contributed by atoms with Gasteiger partial charge in [0.15, 0.2) is 0 Å². The van der Waals surface area contributed by atoms with E-state index in [2.05, 4.69) is 10.6 Å². The van der Waals surface area contributed by atoms with Crippen LogP contribution >= 0.6 is 12.4 Å². The molecule has 0 spiro atoms. The molecule has 2 rings (SSSR count). The standard InChI is InChI=1S/C15H28N2O2.ClH/c18-15(12-13-6-4-9-16-13)17-10-5-11-19-14-7-2-1-3-8-14;/h13-14,16H,1-12H2,(H,17,18);1H. The Morgan fingerprint density at radius 1 is 1.15 bits per heavy atom. The van der Waals surface area contributed by atoms with Gasteiger partial charge in [-0.25, -0.2) is 0 Å². The van der Waals surface area contributed by atoms with Gasteiger partial charge in [0.2, 0.25) is 5.91 Å². The molecule has 1 aliphatic heterocycles.